The summed E-state index contributed by atoms with van der Waals surface area (Å²) in [6.07, 6.45) is 3.76. The molecule has 0 bridgehead atoms. The van der Waals surface area contributed by atoms with Crippen LogP contribution < -0.4 is 5.32 Å². The average Bonchev–Trinajstić information content (AvgIpc) is 2.80. The van der Waals surface area contributed by atoms with Crippen LogP contribution in [0, 0.1) is 0 Å². The van der Waals surface area contributed by atoms with Crippen LogP contribution in [0.25, 0.3) is 0 Å². The minimum atomic E-state index is -0.0500. The molecular weight excluding hydrogens is 246 g/mol. The molecule has 1 aliphatic rings. The first-order chi connectivity index (χ1) is 6.67. The second-order valence-electron chi connectivity index (χ2n) is 3.94. The molecule has 0 aliphatic heterocycles. The molecule has 0 spiro atoms. The molecule has 1 heterocycles. The Morgan fingerprint density at radius 2 is 2.43 bits per heavy atom. The molecule has 78 valence electrons. The van der Waals surface area contributed by atoms with Gasteiger partial charge in [-0.15, -0.1) is 0 Å². The van der Waals surface area contributed by atoms with E-state index in [9.17, 15) is 0 Å². The highest BCUT2D eigenvalue weighted by Gasteiger charge is 2.43. The summed E-state index contributed by atoms with van der Waals surface area (Å²) < 4.78 is 6.33. The van der Waals surface area contributed by atoms with E-state index in [0.29, 0.717) is 0 Å². The number of aliphatic hydroxyl groups is 1. The van der Waals surface area contributed by atoms with Crippen molar-refractivity contribution in [2.45, 2.75) is 31.3 Å². The van der Waals surface area contributed by atoms with Crippen molar-refractivity contribution in [2.24, 2.45) is 0 Å². The monoisotopic (exact) mass is 259 g/mol. The average molecular weight is 260 g/mol. The highest BCUT2D eigenvalue weighted by Crippen LogP contribution is 2.38. The van der Waals surface area contributed by atoms with Crippen molar-refractivity contribution < 1.29 is 9.52 Å². The van der Waals surface area contributed by atoms with E-state index in [1.54, 1.807) is 6.26 Å². The van der Waals surface area contributed by atoms with Crippen LogP contribution in [0.1, 0.15) is 31.6 Å². The molecule has 1 saturated carbocycles. The smallest absolute Gasteiger partial charge is 0.134 e. The fourth-order valence-electron chi connectivity index (χ4n) is 1.64. The number of hydrogen-bond donors (Lipinski definition) is 2. The minimum absolute atomic E-state index is 0.0500. The van der Waals surface area contributed by atoms with Gasteiger partial charge in [0.05, 0.1) is 23.4 Å². The van der Waals surface area contributed by atoms with E-state index in [2.05, 4.69) is 21.2 Å². The molecule has 1 aromatic rings. The molecule has 2 rings (SSSR count). The third kappa shape index (κ3) is 1.87. The summed E-state index contributed by atoms with van der Waals surface area (Å²) in [5, 5.41) is 12.6. The number of nitrogens with one attached hydrogen (secondary N) is 1. The Kier molecular flexibility index (Phi) is 2.68. The molecule has 1 atom stereocenters. The quantitative estimate of drug-likeness (QED) is 0.872. The zero-order chi connectivity index (χ0) is 10.2. The van der Waals surface area contributed by atoms with E-state index >= 15 is 0 Å². The first-order valence-electron chi connectivity index (χ1n) is 4.78. The van der Waals surface area contributed by atoms with Gasteiger partial charge < -0.3 is 9.52 Å². The van der Waals surface area contributed by atoms with E-state index in [4.69, 9.17) is 9.52 Å². The lowest BCUT2D eigenvalue weighted by atomic mass is 10.2. The summed E-state index contributed by atoms with van der Waals surface area (Å²) in [6, 6.07) is 2.01. The predicted molar refractivity (Wildman–Crippen MR) is 57.0 cm³/mol. The molecule has 1 aromatic heterocycles. The normalized spacial score (nSPS) is 20.8. The van der Waals surface area contributed by atoms with Gasteiger partial charge in [-0.1, -0.05) is 0 Å². The van der Waals surface area contributed by atoms with Crippen LogP contribution in [-0.2, 0) is 0 Å². The zero-order valence-electron chi connectivity index (χ0n) is 8.09. The van der Waals surface area contributed by atoms with Crippen LogP contribution in [0.3, 0.4) is 0 Å². The van der Waals surface area contributed by atoms with E-state index in [0.717, 1.165) is 23.1 Å². The van der Waals surface area contributed by atoms with Crippen molar-refractivity contribution >= 4 is 15.9 Å². The van der Waals surface area contributed by atoms with Crippen LogP contribution >= 0.6 is 15.9 Å². The summed E-state index contributed by atoms with van der Waals surface area (Å²) in [5.74, 6) is 0.893. The minimum Gasteiger partial charge on any atom is -0.466 e. The molecule has 0 aromatic carbocycles. The highest BCUT2D eigenvalue weighted by atomic mass is 79.9. The van der Waals surface area contributed by atoms with Crippen molar-refractivity contribution in [3.63, 3.8) is 0 Å². The van der Waals surface area contributed by atoms with E-state index < -0.39 is 0 Å². The third-order valence-electron chi connectivity index (χ3n) is 2.72. The van der Waals surface area contributed by atoms with Crippen molar-refractivity contribution in [1.82, 2.24) is 5.32 Å². The lowest BCUT2D eigenvalue weighted by molar-refractivity contribution is 0.215. The molecular formula is C10H14BrNO2. The first-order valence-corrected chi connectivity index (χ1v) is 5.58. The lowest BCUT2D eigenvalue weighted by Crippen LogP contribution is -2.36. The fourth-order valence-corrected chi connectivity index (χ4v) is 2.18. The van der Waals surface area contributed by atoms with Gasteiger partial charge in [0.2, 0.25) is 0 Å². The summed E-state index contributed by atoms with van der Waals surface area (Å²) in [5.41, 5.74) is -0.0500. The number of hydrogen-bond acceptors (Lipinski definition) is 3. The van der Waals surface area contributed by atoms with Crippen LogP contribution in [0.15, 0.2) is 21.2 Å². The van der Waals surface area contributed by atoms with Crippen molar-refractivity contribution in [1.29, 1.82) is 0 Å². The largest absolute Gasteiger partial charge is 0.466 e. The van der Waals surface area contributed by atoms with E-state index in [-0.39, 0.29) is 18.2 Å². The third-order valence-corrected chi connectivity index (χ3v) is 3.37. The molecule has 2 N–H and O–H groups in total. The zero-order valence-corrected chi connectivity index (χ0v) is 9.67. The van der Waals surface area contributed by atoms with Crippen molar-refractivity contribution in [3.05, 3.63) is 22.6 Å². The molecule has 0 radical (unpaired) electrons. The summed E-state index contributed by atoms with van der Waals surface area (Å²) in [7, 11) is 0. The topological polar surface area (TPSA) is 45.4 Å². The molecule has 14 heavy (non-hydrogen) atoms. The lowest BCUT2D eigenvalue weighted by Gasteiger charge is -2.19. The Hall–Kier alpha value is -0.320. The van der Waals surface area contributed by atoms with Gasteiger partial charge in [-0.2, -0.15) is 0 Å². The number of furan rings is 1. The number of halogens is 1. The fraction of sp³-hybridized carbons (Fsp3) is 0.600. The van der Waals surface area contributed by atoms with Crippen molar-refractivity contribution in [3.8, 4) is 0 Å². The Morgan fingerprint density at radius 3 is 2.86 bits per heavy atom. The molecule has 1 unspecified atom stereocenters. The molecule has 1 aliphatic carbocycles. The van der Waals surface area contributed by atoms with E-state index in [1.807, 2.05) is 13.0 Å². The van der Waals surface area contributed by atoms with Crippen LogP contribution in [0.5, 0.6) is 0 Å². The summed E-state index contributed by atoms with van der Waals surface area (Å²) >= 11 is 3.42. The van der Waals surface area contributed by atoms with Gasteiger partial charge in [0, 0.05) is 5.54 Å². The SMILES string of the molecule is CC(NC1(CO)CC1)c1occc1Br. The Bertz CT molecular complexity index is 320. The summed E-state index contributed by atoms with van der Waals surface area (Å²) in [4.78, 5) is 0. The standard InChI is InChI=1S/C10H14BrNO2/c1-7(9-8(11)2-5-14-9)12-10(6-13)3-4-10/h2,5,7,12-13H,3-4,6H2,1H3. The maximum Gasteiger partial charge on any atom is 0.134 e. The second-order valence-corrected chi connectivity index (χ2v) is 4.79. The van der Waals surface area contributed by atoms with Gasteiger partial charge in [-0.3, -0.25) is 5.32 Å². The first kappa shape index (κ1) is 10.2. The highest BCUT2D eigenvalue weighted by molar-refractivity contribution is 9.10. The Balaban J connectivity index is 2.03. The van der Waals surface area contributed by atoms with Gasteiger partial charge in [-0.05, 0) is 41.8 Å². The van der Waals surface area contributed by atoms with Crippen LogP contribution in [0.2, 0.25) is 0 Å². The van der Waals surface area contributed by atoms with Crippen molar-refractivity contribution in [2.75, 3.05) is 6.61 Å². The van der Waals surface area contributed by atoms with Gasteiger partial charge in [0.15, 0.2) is 0 Å². The molecule has 0 saturated heterocycles. The van der Waals surface area contributed by atoms with Crippen LogP contribution in [-0.4, -0.2) is 17.3 Å². The maximum atomic E-state index is 9.17. The van der Waals surface area contributed by atoms with E-state index in [1.165, 1.54) is 0 Å². The van der Waals surface area contributed by atoms with Gasteiger partial charge in [0.25, 0.3) is 0 Å². The summed E-state index contributed by atoms with van der Waals surface area (Å²) in [6.45, 7) is 2.25. The Labute approximate surface area is 91.6 Å². The maximum absolute atomic E-state index is 9.17. The van der Waals surface area contributed by atoms with Gasteiger partial charge >= 0.3 is 0 Å². The number of rotatable bonds is 4. The predicted octanol–water partition coefficient (Wildman–Crippen LogP) is 2.22. The Morgan fingerprint density at radius 1 is 1.71 bits per heavy atom. The molecule has 3 nitrogen and oxygen atoms in total. The molecule has 1 fully saturated rings. The number of aliphatic hydroxyl groups excluding tert-OH is 1. The molecule has 0 amide bonds. The van der Waals surface area contributed by atoms with Gasteiger partial charge in [-0.25, -0.2) is 0 Å². The molecule has 4 heteroatoms. The van der Waals surface area contributed by atoms with Crippen LogP contribution in [0.4, 0.5) is 0 Å². The van der Waals surface area contributed by atoms with Gasteiger partial charge in [0.1, 0.15) is 5.76 Å². The second kappa shape index (κ2) is 3.68.